The highest BCUT2D eigenvalue weighted by atomic mass is 35.5. The quantitative estimate of drug-likeness (QED) is 0.544. The van der Waals surface area contributed by atoms with Gasteiger partial charge in [0.05, 0.1) is 6.61 Å². The maximum absolute atomic E-state index is 12.6. The molecule has 0 N–H and O–H groups in total. The van der Waals surface area contributed by atoms with E-state index in [4.69, 9.17) is 16.3 Å². The molecule has 4 heteroatoms. The summed E-state index contributed by atoms with van der Waals surface area (Å²) < 4.78 is 30.2. The van der Waals surface area contributed by atoms with Crippen LogP contribution in [0.3, 0.4) is 0 Å². The van der Waals surface area contributed by atoms with Crippen LogP contribution in [-0.4, -0.2) is 12.5 Å². The lowest BCUT2D eigenvalue weighted by Crippen LogP contribution is -1.98. The topological polar surface area (TPSA) is 9.23 Å². The fourth-order valence-electron chi connectivity index (χ4n) is 0.856. The number of halogens is 3. The van der Waals surface area contributed by atoms with Gasteiger partial charge in [0.25, 0.3) is 0 Å². The van der Waals surface area contributed by atoms with Crippen LogP contribution in [0.1, 0.15) is 6.42 Å². The normalized spacial score (nSPS) is 10.1. The summed E-state index contributed by atoms with van der Waals surface area (Å²) >= 11 is 5.40. The van der Waals surface area contributed by atoms with Crippen molar-refractivity contribution >= 4 is 11.6 Å². The van der Waals surface area contributed by atoms with Crippen LogP contribution in [-0.2, 0) is 0 Å². The van der Waals surface area contributed by atoms with Crippen LogP contribution >= 0.6 is 11.6 Å². The fraction of sp³-hybridized carbons (Fsp3) is 0.333. The first-order chi connectivity index (χ1) is 6.22. The number of alkyl halides is 1. The molecule has 1 nitrogen and oxygen atoms in total. The summed E-state index contributed by atoms with van der Waals surface area (Å²) in [6, 6.07) is 3.07. The Balaban J connectivity index is 2.56. The van der Waals surface area contributed by atoms with Crippen molar-refractivity contribution in [1.29, 1.82) is 0 Å². The van der Waals surface area contributed by atoms with Crippen LogP contribution in [0.4, 0.5) is 8.78 Å². The molecule has 0 bridgehead atoms. The first-order valence-corrected chi connectivity index (χ1v) is 4.40. The molecule has 0 aliphatic carbocycles. The van der Waals surface area contributed by atoms with Gasteiger partial charge in [-0.2, -0.15) is 0 Å². The largest absolute Gasteiger partial charge is 0.493 e. The molecule has 0 aliphatic heterocycles. The van der Waals surface area contributed by atoms with E-state index in [0.29, 0.717) is 18.9 Å². The van der Waals surface area contributed by atoms with Crippen LogP contribution in [0.2, 0.25) is 0 Å². The predicted octanol–water partition coefficient (Wildman–Crippen LogP) is 2.97. The van der Waals surface area contributed by atoms with Crippen molar-refractivity contribution in [3.05, 3.63) is 29.8 Å². The molecule has 0 aromatic heterocycles. The van der Waals surface area contributed by atoms with Crippen LogP contribution in [0, 0.1) is 11.6 Å². The van der Waals surface area contributed by atoms with E-state index < -0.39 is 11.6 Å². The molecule has 0 atom stereocenters. The van der Waals surface area contributed by atoms with Gasteiger partial charge in [0.1, 0.15) is 17.4 Å². The highest BCUT2D eigenvalue weighted by molar-refractivity contribution is 6.17. The van der Waals surface area contributed by atoms with E-state index in [1.54, 1.807) is 0 Å². The van der Waals surface area contributed by atoms with E-state index in [0.717, 1.165) is 18.2 Å². The molecular formula is C9H9ClF2O. The number of hydrogen-bond acceptors (Lipinski definition) is 1. The molecule has 0 heterocycles. The lowest BCUT2D eigenvalue weighted by Gasteiger charge is -2.04. The van der Waals surface area contributed by atoms with Gasteiger partial charge in [-0.05, 0) is 6.42 Å². The Hall–Kier alpha value is -0.830. The van der Waals surface area contributed by atoms with E-state index in [1.165, 1.54) is 0 Å². The lowest BCUT2D eigenvalue weighted by atomic mass is 10.3. The van der Waals surface area contributed by atoms with Crippen molar-refractivity contribution in [2.24, 2.45) is 0 Å². The lowest BCUT2D eigenvalue weighted by molar-refractivity contribution is 0.314. The molecule has 0 unspecified atom stereocenters. The number of benzene rings is 1. The Kier molecular flexibility index (Phi) is 3.96. The summed E-state index contributed by atoms with van der Waals surface area (Å²) in [4.78, 5) is 0. The van der Waals surface area contributed by atoms with Crippen LogP contribution in [0.15, 0.2) is 18.2 Å². The fourth-order valence-corrected chi connectivity index (χ4v) is 0.966. The van der Waals surface area contributed by atoms with E-state index in [1.807, 2.05) is 0 Å². The third-order valence-electron chi connectivity index (χ3n) is 1.38. The van der Waals surface area contributed by atoms with Gasteiger partial charge >= 0.3 is 0 Å². The first-order valence-electron chi connectivity index (χ1n) is 3.87. The van der Waals surface area contributed by atoms with Crippen molar-refractivity contribution in [2.75, 3.05) is 12.5 Å². The van der Waals surface area contributed by atoms with Crippen molar-refractivity contribution in [3.63, 3.8) is 0 Å². The summed E-state index contributed by atoms with van der Waals surface area (Å²) in [5.41, 5.74) is 0. The van der Waals surface area contributed by atoms with Crippen molar-refractivity contribution in [3.8, 4) is 5.75 Å². The second kappa shape index (κ2) is 5.02. The van der Waals surface area contributed by atoms with Crippen LogP contribution < -0.4 is 4.74 Å². The third-order valence-corrected chi connectivity index (χ3v) is 1.65. The molecule has 0 amide bonds. The zero-order chi connectivity index (χ0) is 9.68. The maximum atomic E-state index is 12.6. The van der Waals surface area contributed by atoms with Gasteiger partial charge in [0.2, 0.25) is 0 Å². The summed E-state index contributed by atoms with van der Waals surface area (Å²) in [7, 11) is 0. The Labute approximate surface area is 80.3 Å². The van der Waals surface area contributed by atoms with Gasteiger partial charge in [-0.15, -0.1) is 11.6 Å². The monoisotopic (exact) mass is 206 g/mol. The SMILES string of the molecule is Fc1cc(F)cc(OCCCCl)c1. The molecule has 1 aromatic carbocycles. The zero-order valence-electron chi connectivity index (χ0n) is 6.90. The minimum absolute atomic E-state index is 0.197. The van der Waals surface area contributed by atoms with Crippen molar-refractivity contribution < 1.29 is 13.5 Å². The third kappa shape index (κ3) is 3.59. The average molecular weight is 207 g/mol. The molecule has 13 heavy (non-hydrogen) atoms. The van der Waals surface area contributed by atoms with E-state index in [9.17, 15) is 8.78 Å². The van der Waals surface area contributed by atoms with Gasteiger partial charge in [0, 0.05) is 24.1 Å². The van der Waals surface area contributed by atoms with Gasteiger partial charge in [0.15, 0.2) is 0 Å². The average Bonchev–Trinajstić information content (AvgIpc) is 2.03. The Bertz CT molecular complexity index is 258. The number of rotatable bonds is 4. The summed E-state index contributed by atoms with van der Waals surface area (Å²) in [5, 5.41) is 0. The molecule has 0 spiro atoms. The number of ether oxygens (including phenoxy) is 1. The zero-order valence-corrected chi connectivity index (χ0v) is 7.65. The standard InChI is InChI=1S/C9H9ClF2O/c10-2-1-3-13-9-5-7(11)4-8(12)6-9/h4-6H,1-3H2. The Morgan fingerprint density at radius 1 is 1.15 bits per heavy atom. The van der Waals surface area contributed by atoms with Gasteiger partial charge in [-0.3, -0.25) is 0 Å². The Morgan fingerprint density at radius 2 is 1.77 bits per heavy atom. The van der Waals surface area contributed by atoms with Gasteiger partial charge in [-0.1, -0.05) is 0 Å². The van der Waals surface area contributed by atoms with E-state index in [2.05, 4.69) is 0 Å². The van der Waals surface area contributed by atoms with Crippen LogP contribution in [0.5, 0.6) is 5.75 Å². The second-order valence-electron chi connectivity index (χ2n) is 2.50. The molecule has 72 valence electrons. The molecule has 0 radical (unpaired) electrons. The summed E-state index contributed by atoms with van der Waals surface area (Å²) in [6.45, 7) is 0.367. The molecule has 1 rings (SSSR count). The number of hydrogen-bond donors (Lipinski definition) is 0. The molecule has 0 saturated heterocycles. The maximum Gasteiger partial charge on any atom is 0.129 e. The summed E-state index contributed by atoms with van der Waals surface area (Å²) in [5.74, 6) is -0.609. The van der Waals surface area contributed by atoms with Crippen molar-refractivity contribution in [1.82, 2.24) is 0 Å². The molecular weight excluding hydrogens is 198 g/mol. The highest BCUT2D eigenvalue weighted by Crippen LogP contribution is 2.15. The van der Waals surface area contributed by atoms with E-state index in [-0.39, 0.29) is 5.75 Å². The molecule has 1 aromatic rings. The molecule has 0 saturated carbocycles. The predicted molar refractivity (Wildman–Crippen MR) is 47.2 cm³/mol. The van der Waals surface area contributed by atoms with Gasteiger partial charge < -0.3 is 4.74 Å². The minimum Gasteiger partial charge on any atom is -0.493 e. The van der Waals surface area contributed by atoms with Gasteiger partial charge in [-0.25, -0.2) is 8.78 Å². The molecule has 0 fully saturated rings. The minimum atomic E-state index is -0.638. The second-order valence-corrected chi connectivity index (χ2v) is 2.87. The smallest absolute Gasteiger partial charge is 0.129 e. The molecule has 0 aliphatic rings. The first kappa shape index (κ1) is 10.3. The van der Waals surface area contributed by atoms with Crippen molar-refractivity contribution in [2.45, 2.75) is 6.42 Å². The highest BCUT2D eigenvalue weighted by Gasteiger charge is 2.00. The Morgan fingerprint density at radius 3 is 2.31 bits per heavy atom. The van der Waals surface area contributed by atoms with E-state index >= 15 is 0 Å². The van der Waals surface area contributed by atoms with Crippen LogP contribution in [0.25, 0.3) is 0 Å². The summed E-state index contributed by atoms with van der Waals surface area (Å²) in [6.07, 6.45) is 0.652.